The van der Waals surface area contributed by atoms with Gasteiger partial charge in [-0.05, 0) is 43.4 Å². The Bertz CT molecular complexity index is 583. The summed E-state index contributed by atoms with van der Waals surface area (Å²) in [4.78, 5) is 8.40. The Hall–Kier alpha value is -2.34. The van der Waals surface area contributed by atoms with E-state index in [4.69, 9.17) is 12.2 Å². The number of rotatable bonds is 4. The maximum Gasteiger partial charge on any atom is 0.187 e. The van der Waals surface area contributed by atoms with Gasteiger partial charge in [-0.25, -0.2) is 0 Å². The fourth-order valence-electron chi connectivity index (χ4n) is 1.48. The molecule has 0 radical (unpaired) electrons. The molecule has 0 amide bonds. The van der Waals surface area contributed by atoms with E-state index < -0.39 is 0 Å². The highest BCUT2D eigenvalue weighted by Gasteiger charge is 1.99. The van der Waals surface area contributed by atoms with Gasteiger partial charge >= 0.3 is 0 Å². The van der Waals surface area contributed by atoms with Crippen LogP contribution in [0.25, 0.3) is 0 Å². The maximum absolute atomic E-state index is 5.14. The average Bonchev–Trinajstić information content (AvgIpc) is 2.52. The lowest BCUT2D eigenvalue weighted by Crippen LogP contribution is -2.32. The van der Waals surface area contributed by atoms with Gasteiger partial charge in [-0.2, -0.15) is 5.10 Å². The molecule has 0 unspecified atom stereocenters. The van der Waals surface area contributed by atoms with Gasteiger partial charge < -0.3 is 5.32 Å². The fraction of sp³-hybridized carbons (Fsp3) is 0.143. The topological polar surface area (TPSA) is 62.2 Å². The van der Waals surface area contributed by atoms with E-state index in [2.05, 4.69) is 25.8 Å². The first-order valence-corrected chi connectivity index (χ1v) is 6.56. The van der Waals surface area contributed by atoms with Gasteiger partial charge in [0.15, 0.2) is 5.11 Å². The molecule has 0 aliphatic rings. The lowest BCUT2D eigenvalue weighted by Gasteiger charge is -2.07. The number of aromatic nitrogens is 2. The zero-order valence-electron chi connectivity index (χ0n) is 11.1. The van der Waals surface area contributed by atoms with Crippen molar-refractivity contribution in [1.82, 2.24) is 20.7 Å². The first-order valence-electron chi connectivity index (χ1n) is 6.15. The number of nitrogens with zero attached hydrogens (tertiary/aromatic N) is 3. The van der Waals surface area contributed by atoms with Crippen LogP contribution >= 0.6 is 12.2 Å². The molecule has 5 nitrogen and oxygen atoms in total. The predicted molar refractivity (Wildman–Crippen MR) is 83.3 cm³/mol. The van der Waals surface area contributed by atoms with Crippen molar-refractivity contribution in [1.29, 1.82) is 0 Å². The molecule has 0 fully saturated rings. The van der Waals surface area contributed by atoms with Gasteiger partial charge in [0.25, 0.3) is 0 Å². The number of nitrogens with one attached hydrogen (secondary N) is 2. The van der Waals surface area contributed by atoms with E-state index in [-0.39, 0.29) is 0 Å². The highest BCUT2D eigenvalue weighted by molar-refractivity contribution is 7.80. The van der Waals surface area contributed by atoms with Crippen molar-refractivity contribution in [2.45, 2.75) is 13.5 Å². The number of hydrazone groups is 1. The largest absolute Gasteiger partial charge is 0.356 e. The van der Waals surface area contributed by atoms with Gasteiger partial charge in [-0.3, -0.25) is 15.4 Å². The quantitative estimate of drug-likeness (QED) is 0.510. The second kappa shape index (κ2) is 7.30. The Kier molecular flexibility index (Phi) is 5.14. The van der Waals surface area contributed by atoms with Crippen LogP contribution in [0.2, 0.25) is 0 Å². The molecule has 0 aliphatic carbocycles. The molecule has 6 heteroatoms. The molecule has 0 bridgehead atoms. The second-order valence-corrected chi connectivity index (χ2v) is 4.44. The molecule has 2 heterocycles. The molecular formula is C14H15N5S. The Balaban J connectivity index is 1.83. The molecule has 2 aromatic rings. The first kappa shape index (κ1) is 14.1. The van der Waals surface area contributed by atoms with Crippen molar-refractivity contribution < 1.29 is 0 Å². The van der Waals surface area contributed by atoms with Crippen LogP contribution in [0.15, 0.2) is 53.9 Å². The van der Waals surface area contributed by atoms with Crippen LogP contribution in [0.5, 0.6) is 0 Å². The average molecular weight is 285 g/mol. The molecule has 102 valence electrons. The minimum Gasteiger partial charge on any atom is -0.356 e. The van der Waals surface area contributed by atoms with Crippen LogP contribution in [0.4, 0.5) is 0 Å². The molecular weight excluding hydrogens is 270 g/mol. The Morgan fingerprint density at radius 3 is 2.55 bits per heavy atom. The van der Waals surface area contributed by atoms with Crippen molar-refractivity contribution in [2.24, 2.45) is 5.10 Å². The zero-order chi connectivity index (χ0) is 14.2. The van der Waals surface area contributed by atoms with Gasteiger partial charge in [0, 0.05) is 12.4 Å². The molecule has 2 N–H and O–H groups in total. The third kappa shape index (κ3) is 4.40. The van der Waals surface area contributed by atoms with Crippen molar-refractivity contribution in [3.8, 4) is 0 Å². The molecule has 0 aromatic carbocycles. The molecule has 0 spiro atoms. The lowest BCUT2D eigenvalue weighted by atomic mass is 10.3. The van der Waals surface area contributed by atoms with E-state index in [0.29, 0.717) is 11.7 Å². The molecule has 0 saturated heterocycles. The predicted octanol–water partition coefficient (Wildman–Crippen LogP) is 1.86. The molecule has 0 atom stereocenters. The highest BCUT2D eigenvalue weighted by Crippen LogP contribution is 1.95. The van der Waals surface area contributed by atoms with Crippen LogP contribution in [-0.2, 0) is 6.54 Å². The third-order valence-corrected chi connectivity index (χ3v) is 2.75. The summed E-state index contributed by atoms with van der Waals surface area (Å²) in [6.07, 6.45) is 3.48. The molecule has 0 saturated carbocycles. The summed E-state index contributed by atoms with van der Waals surface area (Å²) in [6.45, 7) is 2.43. The van der Waals surface area contributed by atoms with Gasteiger partial charge in [0.2, 0.25) is 0 Å². The molecule has 2 aromatic heterocycles. The molecule has 0 aliphatic heterocycles. The third-order valence-electron chi connectivity index (χ3n) is 2.52. The Labute approximate surface area is 123 Å². The number of hydrogen-bond donors (Lipinski definition) is 2. The normalized spacial score (nSPS) is 10.9. The fourth-order valence-corrected chi connectivity index (χ4v) is 1.60. The summed E-state index contributed by atoms with van der Waals surface area (Å²) in [5.41, 5.74) is 5.29. The van der Waals surface area contributed by atoms with E-state index in [1.807, 2.05) is 43.3 Å². The van der Waals surface area contributed by atoms with E-state index in [9.17, 15) is 0 Å². The molecule has 20 heavy (non-hydrogen) atoms. The second-order valence-electron chi connectivity index (χ2n) is 4.03. The Morgan fingerprint density at radius 2 is 1.90 bits per heavy atom. The van der Waals surface area contributed by atoms with Crippen LogP contribution in [-0.4, -0.2) is 20.8 Å². The van der Waals surface area contributed by atoms with Gasteiger partial charge in [0.1, 0.15) is 0 Å². The number of pyridine rings is 2. The standard InChI is InChI=1S/C14H15N5S/c1-11(13-7-3-5-9-16-13)18-19-14(20)17-10-12-6-2-4-8-15-12/h2-9H,10H2,1H3,(H2,17,19,20)/b18-11-. The van der Waals surface area contributed by atoms with Crippen LogP contribution in [0, 0.1) is 0 Å². The summed E-state index contributed by atoms with van der Waals surface area (Å²) in [6, 6.07) is 11.4. The zero-order valence-corrected chi connectivity index (χ0v) is 11.9. The highest BCUT2D eigenvalue weighted by atomic mass is 32.1. The minimum absolute atomic E-state index is 0.450. The SMILES string of the molecule is C/C(=N/NC(=S)NCc1ccccn1)c1ccccn1. The summed E-state index contributed by atoms with van der Waals surface area (Å²) >= 11 is 5.14. The van der Waals surface area contributed by atoms with Crippen LogP contribution < -0.4 is 10.7 Å². The van der Waals surface area contributed by atoms with E-state index >= 15 is 0 Å². The smallest absolute Gasteiger partial charge is 0.187 e. The van der Waals surface area contributed by atoms with Gasteiger partial charge in [0.05, 0.1) is 23.6 Å². The first-order chi connectivity index (χ1) is 9.75. The van der Waals surface area contributed by atoms with Crippen molar-refractivity contribution in [2.75, 3.05) is 0 Å². The van der Waals surface area contributed by atoms with Crippen LogP contribution in [0.3, 0.4) is 0 Å². The summed E-state index contributed by atoms with van der Waals surface area (Å²) in [7, 11) is 0. The minimum atomic E-state index is 0.450. The van der Waals surface area contributed by atoms with Gasteiger partial charge in [-0.15, -0.1) is 0 Å². The van der Waals surface area contributed by atoms with Crippen molar-refractivity contribution >= 4 is 23.0 Å². The van der Waals surface area contributed by atoms with Crippen molar-refractivity contribution in [3.63, 3.8) is 0 Å². The number of hydrogen-bond acceptors (Lipinski definition) is 4. The van der Waals surface area contributed by atoms with E-state index in [1.54, 1.807) is 12.4 Å². The summed E-state index contributed by atoms with van der Waals surface area (Å²) in [5, 5.41) is 7.67. The number of thiocarbonyl (C=S) groups is 1. The monoisotopic (exact) mass is 285 g/mol. The van der Waals surface area contributed by atoms with E-state index in [1.165, 1.54) is 0 Å². The maximum atomic E-state index is 5.14. The van der Waals surface area contributed by atoms with E-state index in [0.717, 1.165) is 17.1 Å². The van der Waals surface area contributed by atoms with Crippen molar-refractivity contribution in [3.05, 3.63) is 60.2 Å². The Morgan fingerprint density at radius 1 is 1.15 bits per heavy atom. The summed E-state index contributed by atoms with van der Waals surface area (Å²) in [5.74, 6) is 0. The lowest BCUT2D eigenvalue weighted by molar-refractivity contribution is 0.839. The van der Waals surface area contributed by atoms with Gasteiger partial charge in [-0.1, -0.05) is 12.1 Å². The summed E-state index contributed by atoms with van der Waals surface area (Å²) < 4.78 is 0. The molecule has 2 rings (SSSR count). The van der Waals surface area contributed by atoms with Crippen LogP contribution in [0.1, 0.15) is 18.3 Å².